The summed E-state index contributed by atoms with van der Waals surface area (Å²) in [7, 11) is 0. The molecule has 0 aliphatic heterocycles. The molecule has 0 bridgehead atoms. The van der Waals surface area contributed by atoms with E-state index < -0.39 is 0 Å². The molecule has 2 N–H and O–H groups in total. The fraction of sp³-hybridized carbons (Fsp3) is 0.154. The predicted molar refractivity (Wildman–Crippen MR) is 73.8 cm³/mol. The largest absolute Gasteiger partial charge is 0.349 e. The second-order valence-corrected chi connectivity index (χ2v) is 5.08. The van der Waals surface area contributed by atoms with E-state index >= 15 is 0 Å². The molecule has 0 fully saturated rings. The molecule has 6 heteroatoms. The summed E-state index contributed by atoms with van der Waals surface area (Å²) >= 11 is 1.53. The number of hydrogen-bond acceptors (Lipinski definition) is 4. The Morgan fingerprint density at radius 2 is 2.26 bits per heavy atom. The molecule has 2 aromatic heterocycles. The van der Waals surface area contributed by atoms with Crippen LogP contribution in [0.3, 0.4) is 0 Å². The second-order valence-electron chi connectivity index (χ2n) is 4.10. The van der Waals surface area contributed by atoms with Crippen LogP contribution in [0, 0.1) is 0 Å². The van der Waals surface area contributed by atoms with Crippen LogP contribution in [-0.4, -0.2) is 21.1 Å². The van der Waals surface area contributed by atoms with Gasteiger partial charge in [0.25, 0.3) is 0 Å². The SMILES string of the molecule is O=C(Cc1[nH]nc2ccccc12)NCc1nccs1. The van der Waals surface area contributed by atoms with E-state index in [-0.39, 0.29) is 5.91 Å². The molecule has 1 amide bonds. The summed E-state index contributed by atoms with van der Waals surface area (Å²) < 4.78 is 0. The Hall–Kier alpha value is -2.21. The van der Waals surface area contributed by atoms with Crippen molar-refractivity contribution in [1.29, 1.82) is 0 Å². The van der Waals surface area contributed by atoms with Crippen LogP contribution in [0.15, 0.2) is 35.8 Å². The van der Waals surface area contributed by atoms with E-state index in [0.717, 1.165) is 21.6 Å². The number of H-pyrrole nitrogens is 1. The first-order valence-corrected chi connectivity index (χ1v) is 6.78. The smallest absolute Gasteiger partial charge is 0.226 e. The van der Waals surface area contributed by atoms with Gasteiger partial charge in [-0.1, -0.05) is 18.2 Å². The first-order valence-electron chi connectivity index (χ1n) is 5.90. The quantitative estimate of drug-likeness (QED) is 0.761. The second kappa shape index (κ2) is 5.19. The number of benzene rings is 1. The zero-order chi connectivity index (χ0) is 13.1. The van der Waals surface area contributed by atoms with Crippen molar-refractivity contribution < 1.29 is 4.79 Å². The van der Waals surface area contributed by atoms with Crippen molar-refractivity contribution in [1.82, 2.24) is 20.5 Å². The molecule has 0 aliphatic rings. The predicted octanol–water partition coefficient (Wildman–Crippen LogP) is 1.88. The van der Waals surface area contributed by atoms with Crippen LogP contribution in [0.2, 0.25) is 0 Å². The number of aromatic nitrogens is 3. The lowest BCUT2D eigenvalue weighted by molar-refractivity contribution is -0.120. The number of aromatic amines is 1. The number of carbonyl (C=O) groups excluding carboxylic acids is 1. The van der Waals surface area contributed by atoms with Crippen LogP contribution in [0.25, 0.3) is 10.9 Å². The third kappa shape index (κ3) is 2.63. The highest BCUT2D eigenvalue weighted by Gasteiger charge is 2.09. The van der Waals surface area contributed by atoms with Crippen molar-refractivity contribution in [2.75, 3.05) is 0 Å². The number of amides is 1. The first-order chi connectivity index (χ1) is 9.33. The zero-order valence-electron chi connectivity index (χ0n) is 10.1. The first kappa shape index (κ1) is 11.9. The van der Waals surface area contributed by atoms with Gasteiger partial charge in [-0.15, -0.1) is 11.3 Å². The number of carbonyl (C=O) groups is 1. The van der Waals surface area contributed by atoms with Crippen molar-refractivity contribution in [3.05, 3.63) is 46.5 Å². The van der Waals surface area contributed by atoms with Crippen molar-refractivity contribution in [3.63, 3.8) is 0 Å². The summed E-state index contributed by atoms with van der Waals surface area (Å²) in [5, 5.41) is 13.7. The minimum atomic E-state index is -0.0374. The number of fused-ring (bicyclic) bond motifs is 1. The number of para-hydroxylation sites is 1. The lowest BCUT2D eigenvalue weighted by Gasteiger charge is -2.02. The molecular weight excluding hydrogens is 260 g/mol. The van der Waals surface area contributed by atoms with E-state index in [9.17, 15) is 4.79 Å². The van der Waals surface area contributed by atoms with E-state index in [1.165, 1.54) is 11.3 Å². The van der Waals surface area contributed by atoms with Crippen LogP contribution in [0.1, 0.15) is 10.7 Å². The number of thiazole rings is 1. The Bertz CT molecular complexity index is 690. The molecule has 3 rings (SSSR count). The Balaban J connectivity index is 1.66. The van der Waals surface area contributed by atoms with Gasteiger partial charge in [0.2, 0.25) is 5.91 Å². The van der Waals surface area contributed by atoms with Crippen LogP contribution in [0.4, 0.5) is 0 Å². The minimum absolute atomic E-state index is 0.0374. The molecule has 96 valence electrons. The summed E-state index contributed by atoms with van der Waals surface area (Å²) in [6.07, 6.45) is 2.03. The molecule has 1 aromatic carbocycles. The highest BCUT2D eigenvalue weighted by Crippen LogP contribution is 2.15. The Labute approximate surface area is 113 Å². The summed E-state index contributed by atoms with van der Waals surface area (Å²) in [5.41, 5.74) is 1.72. The molecule has 0 aliphatic carbocycles. The van der Waals surface area contributed by atoms with Crippen LogP contribution in [0.5, 0.6) is 0 Å². The lowest BCUT2D eigenvalue weighted by atomic mass is 10.1. The maximum atomic E-state index is 11.9. The zero-order valence-corrected chi connectivity index (χ0v) is 10.9. The molecule has 0 spiro atoms. The van der Waals surface area contributed by atoms with Gasteiger partial charge in [0.05, 0.1) is 24.2 Å². The maximum absolute atomic E-state index is 11.9. The van der Waals surface area contributed by atoms with Gasteiger partial charge in [0.1, 0.15) is 5.01 Å². The van der Waals surface area contributed by atoms with Gasteiger partial charge in [0, 0.05) is 17.0 Å². The van der Waals surface area contributed by atoms with E-state index in [4.69, 9.17) is 0 Å². The third-order valence-corrected chi connectivity index (χ3v) is 3.58. The fourth-order valence-electron chi connectivity index (χ4n) is 1.89. The fourth-order valence-corrected chi connectivity index (χ4v) is 2.44. The van der Waals surface area contributed by atoms with Gasteiger partial charge in [-0.05, 0) is 6.07 Å². The molecule has 3 aromatic rings. The molecule has 2 heterocycles. The average Bonchev–Trinajstić information content (AvgIpc) is 3.07. The van der Waals surface area contributed by atoms with Gasteiger partial charge in [-0.2, -0.15) is 5.10 Å². The van der Waals surface area contributed by atoms with Gasteiger partial charge in [0.15, 0.2) is 0 Å². The van der Waals surface area contributed by atoms with Crippen LogP contribution >= 0.6 is 11.3 Å². The van der Waals surface area contributed by atoms with E-state index in [2.05, 4.69) is 20.5 Å². The monoisotopic (exact) mass is 272 g/mol. The van der Waals surface area contributed by atoms with Crippen molar-refractivity contribution in [2.24, 2.45) is 0 Å². The Kier molecular flexibility index (Phi) is 3.24. The van der Waals surface area contributed by atoms with E-state index in [1.807, 2.05) is 29.6 Å². The Morgan fingerprint density at radius 3 is 3.11 bits per heavy atom. The molecule has 0 radical (unpaired) electrons. The maximum Gasteiger partial charge on any atom is 0.226 e. The van der Waals surface area contributed by atoms with Crippen molar-refractivity contribution in [3.8, 4) is 0 Å². The summed E-state index contributed by atoms with van der Waals surface area (Å²) in [6.45, 7) is 0.475. The molecule has 5 nitrogen and oxygen atoms in total. The van der Waals surface area contributed by atoms with Gasteiger partial charge in [-0.25, -0.2) is 4.98 Å². The normalized spacial score (nSPS) is 10.7. The molecular formula is C13H12N4OS. The van der Waals surface area contributed by atoms with E-state index in [1.54, 1.807) is 6.20 Å². The third-order valence-electron chi connectivity index (χ3n) is 2.80. The molecule has 19 heavy (non-hydrogen) atoms. The van der Waals surface area contributed by atoms with Crippen LogP contribution in [-0.2, 0) is 17.8 Å². The number of rotatable bonds is 4. The van der Waals surface area contributed by atoms with Crippen molar-refractivity contribution in [2.45, 2.75) is 13.0 Å². The van der Waals surface area contributed by atoms with Gasteiger partial charge in [-0.3, -0.25) is 9.89 Å². The summed E-state index contributed by atoms with van der Waals surface area (Å²) in [4.78, 5) is 16.0. The van der Waals surface area contributed by atoms with Gasteiger partial charge < -0.3 is 5.32 Å². The lowest BCUT2D eigenvalue weighted by Crippen LogP contribution is -2.24. The highest BCUT2D eigenvalue weighted by molar-refractivity contribution is 7.09. The van der Waals surface area contributed by atoms with E-state index in [0.29, 0.717) is 13.0 Å². The van der Waals surface area contributed by atoms with Crippen molar-refractivity contribution >= 4 is 28.1 Å². The standard InChI is InChI=1S/C13H12N4OS/c18-12(15-8-13-14-5-6-19-13)7-11-9-3-1-2-4-10(9)16-17-11/h1-6H,7-8H2,(H,15,18)(H,16,17). The number of nitrogens with zero attached hydrogens (tertiary/aromatic N) is 2. The van der Waals surface area contributed by atoms with Gasteiger partial charge >= 0.3 is 0 Å². The van der Waals surface area contributed by atoms with Crippen LogP contribution < -0.4 is 5.32 Å². The molecule has 0 atom stereocenters. The molecule has 0 unspecified atom stereocenters. The number of nitrogens with one attached hydrogen (secondary N) is 2. The average molecular weight is 272 g/mol. The number of hydrogen-bond donors (Lipinski definition) is 2. The topological polar surface area (TPSA) is 70.7 Å². The summed E-state index contributed by atoms with van der Waals surface area (Å²) in [6, 6.07) is 7.75. The highest BCUT2D eigenvalue weighted by atomic mass is 32.1. The minimum Gasteiger partial charge on any atom is -0.349 e. The molecule has 0 saturated carbocycles. The Morgan fingerprint density at radius 1 is 1.37 bits per heavy atom. The summed E-state index contributed by atoms with van der Waals surface area (Å²) in [5.74, 6) is -0.0374. The molecule has 0 saturated heterocycles.